The van der Waals surface area contributed by atoms with Gasteiger partial charge >= 0.3 is 0 Å². The Morgan fingerprint density at radius 3 is 2.14 bits per heavy atom. The lowest BCUT2D eigenvalue weighted by molar-refractivity contribution is 0.208. The summed E-state index contributed by atoms with van der Waals surface area (Å²) in [6.45, 7) is 9.64. The minimum Gasteiger partial charge on any atom is -0.490 e. The fourth-order valence-electron chi connectivity index (χ4n) is 2.62. The first-order valence-corrected chi connectivity index (χ1v) is 9.52. The van der Waals surface area contributed by atoms with Crippen LogP contribution in [0.5, 0.6) is 17.2 Å². The predicted octanol–water partition coefficient (Wildman–Crippen LogP) is 5.27. The number of ether oxygens (including phenoxy) is 3. The first kappa shape index (κ1) is 21.9. The van der Waals surface area contributed by atoms with Gasteiger partial charge in [-0.3, -0.25) is 0 Å². The van der Waals surface area contributed by atoms with Crippen LogP contribution in [0.4, 0.5) is 0 Å². The zero-order valence-corrected chi connectivity index (χ0v) is 17.4. The van der Waals surface area contributed by atoms with Crippen molar-refractivity contribution in [3.63, 3.8) is 0 Å². The Bertz CT molecular complexity index is 911. The van der Waals surface area contributed by atoms with Crippen molar-refractivity contribution in [2.24, 2.45) is 0 Å². The summed E-state index contributed by atoms with van der Waals surface area (Å²) in [6, 6.07) is 17.1. The molecule has 0 aliphatic rings. The van der Waals surface area contributed by atoms with E-state index in [0.29, 0.717) is 36.9 Å². The molecule has 0 N–H and O–H groups in total. The van der Waals surface area contributed by atoms with Crippen LogP contribution in [0, 0.1) is 22.7 Å². The number of nitrogens with zero attached hydrogens (tertiary/aromatic N) is 2. The SMILES string of the molecule is CCOc1cc(C=C(C#N)C#N)ccc1OCCOc1ccc(C(C)(C)C)cc1. The standard InChI is InChI=1S/C24H26N2O3/c1-5-27-23-15-18(14-19(16-25)17-26)6-11-22(23)29-13-12-28-21-9-7-20(8-10-21)24(2,3)4/h6-11,14-15H,5,12-13H2,1-4H3. The molecule has 2 rings (SSSR count). The molecule has 5 nitrogen and oxygen atoms in total. The van der Waals surface area contributed by atoms with Crippen LogP contribution in [0.3, 0.4) is 0 Å². The summed E-state index contributed by atoms with van der Waals surface area (Å²) in [6.07, 6.45) is 1.51. The Labute approximate surface area is 172 Å². The van der Waals surface area contributed by atoms with Gasteiger partial charge in [0.25, 0.3) is 0 Å². The molecule has 0 heterocycles. The lowest BCUT2D eigenvalue weighted by atomic mass is 9.87. The van der Waals surface area contributed by atoms with Crippen LogP contribution in [0.15, 0.2) is 48.0 Å². The topological polar surface area (TPSA) is 75.3 Å². The summed E-state index contributed by atoms with van der Waals surface area (Å²) in [4.78, 5) is 0. The fraction of sp³-hybridized carbons (Fsp3) is 0.333. The average molecular weight is 390 g/mol. The summed E-state index contributed by atoms with van der Waals surface area (Å²) in [5.74, 6) is 1.95. The van der Waals surface area contributed by atoms with Gasteiger partial charge in [0.15, 0.2) is 11.5 Å². The zero-order valence-electron chi connectivity index (χ0n) is 17.4. The van der Waals surface area contributed by atoms with Crippen LogP contribution in [0.1, 0.15) is 38.8 Å². The minimum atomic E-state index is 0.0343. The average Bonchev–Trinajstić information content (AvgIpc) is 2.70. The van der Waals surface area contributed by atoms with Crippen LogP contribution in [-0.4, -0.2) is 19.8 Å². The summed E-state index contributed by atoms with van der Waals surface area (Å²) < 4.78 is 17.2. The summed E-state index contributed by atoms with van der Waals surface area (Å²) >= 11 is 0. The Balaban J connectivity index is 1.97. The van der Waals surface area contributed by atoms with Gasteiger partial charge in [-0.25, -0.2) is 0 Å². The van der Waals surface area contributed by atoms with Gasteiger partial charge in [0, 0.05) is 0 Å². The van der Waals surface area contributed by atoms with E-state index in [1.807, 2.05) is 31.2 Å². The molecular weight excluding hydrogens is 364 g/mol. The number of rotatable bonds is 8. The Morgan fingerprint density at radius 2 is 1.55 bits per heavy atom. The highest BCUT2D eigenvalue weighted by molar-refractivity contribution is 5.64. The van der Waals surface area contributed by atoms with Crippen molar-refractivity contribution in [3.8, 4) is 29.4 Å². The van der Waals surface area contributed by atoms with E-state index < -0.39 is 0 Å². The van der Waals surface area contributed by atoms with Gasteiger partial charge < -0.3 is 14.2 Å². The summed E-state index contributed by atoms with van der Waals surface area (Å²) in [7, 11) is 0. The highest BCUT2D eigenvalue weighted by atomic mass is 16.5. The van der Waals surface area contributed by atoms with E-state index in [-0.39, 0.29) is 11.0 Å². The second-order valence-electron chi connectivity index (χ2n) is 7.39. The van der Waals surface area contributed by atoms with E-state index in [0.717, 1.165) is 5.75 Å². The molecular formula is C24H26N2O3. The molecule has 0 aromatic heterocycles. The van der Waals surface area contributed by atoms with Crippen molar-refractivity contribution >= 4 is 6.08 Å². The van der Waals surface area contributed by atoms with Crippen LogP contribution < -0.4 is 14.2 Å². The third-order valence-electron chi connectivity index (χ3n) is 4.15. The molecule has 0 unspecified atom stereocenters. The second kappa shape index (κ2) is 10.2. The van der Waals surface area contributed by atoms with Gasteiger partial charge in [-0.05, 0) is 53.8 Å². The molecule has 5 heteroatoms. The molecule has 0 aliphatic heterocycles. The van der Waals surface area contributed by atoms with Crippen molar-refractivity contribution in [3.05, 3.63) is 59.2 Å². The number of allylic oxidation sites excluding steroid dienone is 1. The molecule has 0 saturated heterocycles. The van der Waals surface area contributed by atoms with E-state index in [9.17, 15) is 0 Å². The normalized spacial score (nSPS) is 10.4. The maximum absolute atomic E-state index is 8.90. The molecule has 2 aromatic carbocycles. The Kier molecular flexibility index (Phi) is 7.69. The van der Waals surface area contributed by atoms with Gasteiger partial charge in [0.2, 0.25) is 0 Å². The first-order valence-electron chi connectivity index (χ1n) is 9.52. The Morgan fingerprint density at radius 1 is 0.897 bits per heavy atom. The second-order valence-corrected chi connectivity index (χ2v) is 7.39. The number of hydrogen-bond acceptors (Lipinski definition) is 5. The molecule has 2 aromatic rings. The summed E-state index contributed by atoms with van der Waals surface area (Å²) in [5.41, 5.74) is 2.11. The van der Waals surface area contributed by atoms with Crippen LogP contribution >= 0.6 is 0 Å². The highest BCUT2D eigenvalue weighted by Crippen LogP contribution is 2.29. The van der Waals surface area contributed by atoms with Crippen molar-refractivity contribution in [2.75, 3.05) is 19.8 Å². The number of hydrogen-bond donors (Lipinski definition) is 0. The molecule has 150 valence electrons. The highest BCUT2D eigenvalue weighted by Gasteiger charge is 2.13. The number of nitriles is 2. The van der Waals surface area contributed by atoms with E-state index in [4.69, 9.17) is 24.7 Å². The van der Waals surface area contributed by atoms with Gasteiger partial charge in [-0.15, -0.1) is 0 Å². The summed E-state index contributed by atoms with van der Waals surface area (Å²) in [5, 5.41) is 17.8. The largest absolute Gasteiger partial charge is 0.490 e. The lowest BCUT2D eigenvalue weighted by Crippen LogP contribution is -2.12. The molecule has 29 heavy (non-hydrogen) atoms. The molecule has 0 amide bonds. The van der Waals surface area contributed by atoms with Gasteiger partial charge in [-0.1, -0.05) is 39.0 Å². The van der Waals surface area contributed by atoms with Gasteiger partial charge in [0.1, 0.15) is 36.7 Å². The maximum atomic E-state index is 8.90. The zero-order chi connectivity index (χ0) is 21.3. The number of benzene rings is 2. The molecule has 0 bridgehead atoms. The predicted molar refractivity (Wildman–Crippen MR) is 113 cm³/mol. The van der Waals surface area contributed by atoms with Crippen molar-refractivity contribution in [1.82, 2.24) is 0 Å². The third kappa shape index (κ3) is 6.59. The van der Waals surface area contributed by atoms with Gasteiger partial charge in [-0.2, -0.15) is 10.5 Å². The first-order chi connectivity index (χ1) is 13.9. The van der Waals surface area contributed by atoms with Crippen LogP contribution in [0.25, 0.3) is 6.08 Å². The van der Waals surface area contributed by atoms with Crippen molar-refractivity contribution in [1.29, 1.82) is 10.5 Å². The maximum Gasteiger partial charge on any atom is 0.161 e. The minimum absolute atomic E-state index is 0.0343. The van der Waals surface area contributed by atoms with Gasteiger partial charge in [0.05, 0.1) is 6.61 Å². The smallest absolute Gasteiger partial charge is 0.161 e. The Hall–Kier alpha value is -3.44. The molecule has 0 aliphatic carbocycles. The van der Waals surface area contributed by atoms with Crippen LogP contribution in [-0.2, 0) is 5.41 Å². The lowest BCUT2D eigenvalue weighted by Gasteiger charge is -2.19. The molecule has 0 fully saturated rings. The molecule has 0 radical (unpaired) electrons. The van der Waals surface area contributed by atoms with E-state index in [2.05, 4.69) is 32.9 Å². The van der Waals surface area contributed by atoms with Crippen molar-refractivity contribution in [2.45, 2.75) is 33.1 Å². The van der Waals surface area contributed by atoms with Crippen LogP contribution in [0.2, 0.25) is 0 Å². The van der Waals surface area contributed by atoms with E-state index in [1.165, 1.54) is 11.6 Å². The molecule has 0 atom stereocenters. The monoisotopic (exact) mass is 390 g/mol. The molecule has 0 saturated carbocycles. The van der Waals surface area contributed by atoms with Crippen molar-refractivity contribution < 1.29 is 14.2 Å². The van der Waals surface area contributed by atoms with E-state index in [1.54, 1.807) is 18.2 Å². The quantitative estimate of drug-likeness (QED) is 0.453. The fourth-order valence-corrected chi connectivity index (χ4v) is 2.62. The molecule has 0 spiro atoms. The third-order valence-corrected chi connectivity index (χ3v) is 4.15. The van der Waals surface area contributed by atoms with E-state index >= 15 is 0 Å².